The van der Waals surface area contributed by atoms with Gasteiger partial charge in [0.2, 0.25) is 0 Å². The molecule has 152 valence electrons. The summed E-state index contributed by atoms with van der Waals surface area (Å²) in [5.74, 6) is 0.282. The summed E-state index contributed by atoms with van der Waals surface area (Å²) >= 11 is 0. The molecule has 0 aromatic rings. The molecule has 7 atom stereocenters. The molecule has 0 aromatic heterocycles. The highest BCUT2D eigenvalue weighted by Crippen LogP contribution is 2.64. The van der Waals surface area contributed by atoms with Crippen molar-refractivity contribution in [2.45, 2.75) is 97.9 Å². The number of primary amides is 1. The first kappa shape index (κ1) is 21.5. The first-order valence-electron chi connectivity index (χ1n) is 10.3. The Morgan fingerprint density at radius 2 is 1.96 bits per heavy atom. The molecular formula is C21H39NO4. The van der Waals surface area contributed by atoms with E-state index in [1.165, 1.54) is 0 Å². The van der Waals surface area contributed by atoms with Gasteiger partial charge in [0.1, 0.15) is 6.10 Å². The summed E-state index contributed by atoms with van der Waals surface area (Å²) in [7, 11) is 0. The van der Waals surface area contributed by atoms with Crippen LogP contribution in [0.2, 0.25) is 0 Å². The first-order valence-corrected chi connectivity index (χ1v) is 10.3. The summed E-state index contributed by atoms with van der Waals surface area (Å²) in [5, 5.41) is 23.1. The number of aliphatic hydroxyl groups excluding tert-OH is 1. The number of nitrogens with two attached hydrogens (primary N) is 1. The van der Waals surface area contributed by atoms with Gasteiger partial charge in [-0.1, -0.05) is 48.0 Å². The fourth-order valence-electron chi connectivity index (χ4n) is 5.88. The summed E-state index contributed by atoms with van der Waals surface area (Å²) in [6.07, 6.45) is 3.00. The van der Waals surface area contributed by atoms with Crippen LogP contribution in [0, 0.1) is 28.6 Å². The summed E-state index contributed by atoms with van der Waals surface area (Å²) in [6.45, 7) is 12.7. The standard InChI is InChI=1S/C21H39NO4/c1-7-13(2)8-11-21(25)14(3)15(26-18(22)24)12-16-19(4,5)10-9-17(23)20(16,21)6/h13-17,23,25H,7-12H2,1-6H3,(H2,22,24)/t13-,14+,15+,16+,17+,20-,21-/m1/s1. The van der Waals surface area contributed by atoms with Gasteiger partial charge in [0, 0.05) is 11.3 Å². The molecule has 0 spiro atoms. The number of carbonyl (C=O) groups is 1. The van der Waals surface area contributed by atoms with E-state index in [4.69, 9.17) is 10.5 Å². The van der Waals surface area contributed by atoms with E-state index in [0.717, 1.165) is 19.3 Å². The van der Waals surface area contributed by atoms with Gasteiger partial charge in [-0.2, -0.15) is 0 Å². The number of rotatable bonds is 5. The van der Waals surface area contributed by atoms with E-state index in [1.807, 2.05) is 6.92 Å². The lowest BCUT2D eigenvalue weighted by atomic mass is 9.42. The smallest absolute Gasteiger partial charge is 0.404 e. The summed E-state index contributed by atoms with van der Waals surface area (Å²) in [5.41, 5.74) is 3.55. The fraction of sp³-hybridized carbons (Fsp3) is 0.952. The van der Waals surface area contributed by atoms with E-state index in [0.29, 0.717) is 25.2 Å². The maximum absolute atomic E-state index is 12.0. The summed E-state index contributed by atoms with van der Waals surface area (Å²) < 4.78 is 5.45. The normalized spacial score (nSPS) is 43.4. The van der Waals surface area contributed by atoms with E-state index < -0.39 is 29.3 Å². The average molecular weight is 370 g/mol. The second kappa shape index (κ2) is 7.31. The topological polar surface area (TPSA) is 92.8 Å². The van der Waals surface area contributed by atoms with Gasteiger partial charge in [-0.3, -0.25) is 0 Å². The van der Waals surface area contributed by atoms with Crippen LogP contribution in [0.5, 0.6) is 0 Å². The SMILES string of the molecule is CC[C@@H](C)CC[C@@]1(O)[C@@H](C)[C@@H](OC(N)=O)C[C@H]2C(C)(C)CC[C@H](O)[C@@]21C. The van der Waals surface area contributed by atoms with Crippen molar-refractivity contribution in [2.75, 3.05) is 0 Å². The van der Waals surface area contributed by atoms with Crippen LogP contribution in [0.1, 0.15) is 80.1 Å². The lowest BCUT2D eigenvalue weighted by Crippen LogP contribution is -2.70. The van der Waals surface area contributed by atoms with Crippen LogP contribution in [-0.2, 0) is 4.74 Å². The first-order chi connectivity index (χ1) is 11.9. The molecular weight excluding hydrogens is 330 g/mol. The molecule has 5 nitrogen and oxygen atoms in total. The molecule has 4 N–H and O–H groups in total. The van der Waals surface area contributed by atoms with E-state index in [-0.39, 0.29) is 17.3 Å². The van der Waals surface area contributed by atoms with Crippen molar-refractivity contribution >= 4 is 6.09 Å². The molecule has 0 bridgehead atoms. The third kappa shape index (κ3) is 3.37. The molecule has 0 saturated heterocycles. The van der Waals surface area contributed by atoms with Crippen molar-refractivity contribution in [3.05, 3.63) is 0 Å². The highest BCUT2D eigenvalue weighted by Gasteiger charge is 2.67. The van der Waals surface area contributed by atoms with E-state index >= 15 is 0 Å². The van der Waals surface area contributed by atoms with E-state index in [1.54, 1.807) is 0 Å². The minimum absolute atomic E-state index is 0.0439. The molecule has 2 fully saturated rings. The minimum Gasteiger partial charge on any atom is -0.446 e. The molecule has 0 aliphatic heterocycles. The van der Waals surface area contributed by atoms with Crippen LogP contribution in [0.25, 0.3) is 0 Å². The van der Waals surface area contributed by atoms with Crippen molar-refractivity contribution in [3.8, 4) is 0 Å². The average Bonchev–Trinajstić information content (AvgIpc) is 2.56. The Labute approximate surface area is 158 Å². The zero-order valence-corrected chi connectivity index (χ0v) is 17.4. The third-order valence-electron chi connectivity index (χ3n) is 8.12. The Morgan fingerprint density at radius 3 is 2.50 bits per heavy atom. The molecule has 0 radical (unpaired) electrons. The quantitative estimate of drug-likeness (QED) is 0.686. The number of amides is 1. The van der Waals surface area contributed by atoms with Crippen molar-refractivity contribution < 1.29 is 19.7 Å². The van der Waals surface area contributed by atoms with Gasteiger partial charge in [-0.05, 0) is 49.4 Å². The van der Waals surface area contributed by atoms with Crippen molar-refractivity contribution in [1.29, 1.82) is 0 Å². The Balaban J connectivity index is 2.48. The second-order valence-electron chi connectivity index (χ2n) is 9.85. The van der Waals surface area contributed by atoms with Gasteiger partial charge >= 0.3 is 6.09 Å². The van der Waals surface area contributed by atoms with Crippen LogP contribution < -0.4 is 5.73 Å². The van der Waals surface area contributed by atoms with Gasteiger partial charge < -0.3 is 20.7 Å². The fourth-order valence-corrected chi connectivity index (χ4v) is 5.88. The third-order valence-corrected chi connectivity index (χ3v) is 8.12. The van der Waals surface area contributed by atoms with Crippen molar-refractivity contribution in [3.63, 3.8) is 0 Å². The predicted molar refractivity (Wildman–Crippen MR) is 102 cm³/mol. The molecule has 2 aliphatic rings. The maximum atomic E-state index is 12.0. The van der Waals surface area contributed by atoms with Gasteiger partial charge in [0.05, 0.1) is 11.7 Å². The Morgan fingerprint density at radius 1 is 1.35 bits per heavy atom. The Kier molecular flexibility index (Phi) is 6.04. The van der Waals surface area contributed by atoms with Crippen LogP contribution in [0.15, 0.2) is 0 Å². The Hall–Kier alpha value is -0.810. The number of hydrogen-bond acceptors (Lipinski definition) is 4. The number of aliphatic hydroxyl groups is 2. The van der Waals surface area contributed by atoms with Crippen LogP contribution in [0.4, 0.5) is 4.79 Å². The predicted octanol–water partition coefficient (Wildman–Crippen LogP) is 3.85. The monoisotopic (exact) mass is 369 g/mol. The van der Waals surface area contributed by atoms with Gasteiger partial charge in [-0.15, -0.1) is 0 Å². The van der Waals surface area contributed by atoms with Gasteiger partial charge in [0.15, 0.2) is 0 Å². The molecule has 2 aliphatic carbocycles. The van der Waals surface area contributed by atoms with E-state index in [9.17, 15) is 15.0 Å². The molecule has 1 amide bonds. The zero-order valence-electron chi connectivity index (χ0n) is 17.4. The minimum atomic E-state index is -1.10. The summed E-state index contributed by atoms with van der Waals surface area (Å²) in [4.78, 5) is 11.5. The molecule has 2 saturated carbocycles. The maximum Gasteiger partial charge on any atom is 0.404 e. The molecule has 26 heavy (non-hydrogen) atoms. The molecule has 0 unspecified atom stereocenters. The van der Waals surface area contributed by atoms with Gasteiger partial charge in [0.25, 0.3) is 0 Å². The number of carbonyl (C=O) groups excluding carboxylic acids is 1. The number of fused-ring (bicyclic) bond motifs is 1. The zero-order chi connectivity index (χ0) is 19.9. The molecule has 2 rings (SSSR count). The molecule has 0 heterocycles. The lowest BCUT2D eigenvalue weighted by molar-refractivity contribution is -0.273. The number of ether oxygens (including phenoxy) is 1. The summed E-state index contributed by atoms with van der Waals surface area (Å²) in [6, 6.07) is 0. The lowest BCUT2D eigenvalue weighted by Gasteiger charge is -2.65. The second-order valence-corrected chi connectivity index (χ2v) is 9.85. The van der Waals surface area contributed by atoms with Crippen molar-refractivity contribution in [1.82, 2.24) is 0 Å². The largest absolute Gasteiger partial charge is 0.446 e. The molecule has 5 heteroatoms. The number of hydrogen-bond donors (Lipinski definition) is 3. The van der Waals surface area contributed by atoms with E-state index in [2.05, 4.69) is 34.6 Å². The van der Waals surface area contributed by atoms with Gasteiger partial charge in [-0.25, -0.2) is 4.79 Å². The highest BCUT2D eigenvalue weighted by atomic mass is 16.6. The Bertz CT molecular complexity index is 522. The highest BCUT2D eigenvalue weighted by molar-refractivity contribution is 5.64. The van der Waals surface area contributed by atoms with Crippen molar-refractivity contribution in [2.24, 2.45) is 34.3 Å². The molecule has 0 aromatic carbocycles. The van der Waals surface area contributed by atoms with Crippen LogP contribution in [-0.4, -0.2) is 34.1 Å². The van der Waals surface area contributed by atoms with Crippen LogP contribution in [0.3, 0.4) is 0 Å². The van der Waals surface area contributed by atoms with Crippen LogP contribution >= 0.6 is 0 Å².